The second-order valence-corrected chi connectivity index (χ2v) is 6.22. The van der Waals surface area contributed by atoms with E-state index < -0.39 is 54.5 Å². The van der Waals surface area contributed by atoms with E-state index in [1.54, 1.807) is 13.8 Å². The molecule has 3 amide bonds. The topological polar surface area (TPSA) is 171 Å². The molecule has 10 nitrogen and oxygen atoms in total. The van der Waals surface area contributed by atoms with Crippen LogP contribution < -0.4 is 21.7 Å². The Kier molecular flexibility index (Phi) is 10.1. The number of nitrogens with two attached hydrogens (primary N) is 1. The second kappa shape index (κ2) is 10.9. The predicted molar refractivity (Wildman–Crippen MR) is 92.9 cm³/mol. The number of thiol groups is 1. The van der Waals surface area contributed by atoms with Gasteiger partial charge in [-0.15, -0.1) is 0 Å². The molecule has 0 aliphatic heterocycles. The molecule has 25 heavy (non-hydrogen) atoms. The van der Waals surface area contributed by atoms with Gasteiger partial charge in [-0.3, -0.25) is 19.2 Å². The summed E-state index contributed by atoms with van der Waals surface area (Å²) in [5.41, 5.74) is 5.69. The largest absolute Gasteiger partial charge is 0.480 e. The molecule has 0 aliphatic carbocycles. The van der Waals surface area contributed by atoms with Gasteiger partial charge in [0, 0.05) is 5.75 Å². The zero-order valence-corrected chi connectivity index (χ0v) is 15.2. The first-order valence-electron chi connectivity index (χ1n) is 7.66. The zero-order valence-electron chi connectivity index (χ0n) is 14.4. The van der Waals surface area contributed by atoms with E-state index in [4.69, 9.17) is 10.8 Å². The summed E-state index contributed by atoms with van der Waals surface area (Å²) < 4.78 is 0. The molecule has 0 aromatic heterocycles. The van der Waals surface area contributed by atoms with Gasteiger partial charge in [0.2, 0.25) is 17.7 Å². The molecular weight excluding hydrogens is 352 g/mol. The Labute approximate surface area is 151 Å². The predicted octanol–water partition coefficient (Wildman–Crippen LogP) is -2.55. The highest BCUT2D eigenvalue weighted by Gasteiger charge is 2.31. The van der Waals surface area contributed by atoms with Gasteiger partial charge in [0.15, 0.2) is 0 Å². The number of aliphatic carboxylic acids is 1. The first-order valence-corrected chi connectivity index (χ1v) is 8.29. The van der Waals surface area contributed by atoms with Gasteiger partial charge in [-0.05, 0) is 12.8 Å². The monoisotopic (exact) mass is 378 g/mol. The summed E-state index contributed by atoms with van der Waals surface area (Å²) >= 11 is 3.93. The third-order valence-corrected chi connectivity index (χ3v) is 3.68. The minimum Gasteiger partial charge on any atom is -0.480 e. The Morgan fingerprint density at radius 3 is 2.00 bits per heavy atom. The van der Waals surface area contributed by atoms with E-state index in [-0.39, 0.29) is 11.7 Å². The Balaban J connectivity index is 4.94. The Bertz CT molecular complexity index is 500. The lowest BCUT2D eigenvalue weighted by Crippen LogP contribution is -2.60. The van der Waals surface area contributed by atoms with Crippen molar-refractivity contribution in [1.82, 2.24) is 16.0 Å². The molecule has 0 radical (unpaired) electrons. The molecule has 0 spiro atoms. The van der Waals surface area contributed by atoms with Crippen molar-refractivity contribution in [2.45, 2.75) is 45.0 Å². The van der Waals surface area contributed by atoms with E-state index in [0.717, 1.165) is 0 Å². The molecule has 0 rings (SSSR count). The van der Waals surface area contributed by atoms with Crippen LogP contribution in [0.25, 0.3) is 0 Å². The van der Waals surface area contributed by atoms with Crippen molar-refractivity contribution >= 4 is 36.3 Å². The number of hydrogen-bond acceptors (Lipinski definition) is 7. The highest BCUT2D eigenvalue weighted by atomic mass is 32.1. The van der Waals surface area contributed by atoms with E-state index in [1.165, 1.54) is 6.92 Å². The van der Waals surface area contributed by atoms with Gasteiger partial charge in [0.05, 0.1) is 12.1 Å². The van der Waals surface area contributed by atoms with Crippen LogP contribution in [-0.4, -0.2) is 70.4 Å². The maximum absolute atomic E-state index is 12.3. The Morgan fingerprint density at radius 1 is 1.04 bits per heavy atom. The number of amides is 3. The zero-order chi connectivity index (χ0) is 19.7. The third kappa shape index (κ3) is 8.18. The lowest BCUT2D eigenvalue weighted by molar-refractivity contribution is -0.138. The fourth-order valence-electron chi connectivity index (χ4n) is 1.70. The summed E-state index contributed by atoms with van der Waals surface area (Å²) in [5.74, 6) is -3.71. The van der Waals surface area contributed by atoms with Gasteiger partial charge in [0.1, 0.15) is 18.6 Å². The highest BCUT2D eigenvalue weighted by molar-refractivity contribution is 7.80. The van der Waals surface area contributed by atoms with Crippen LogP contribution in [0.3, 0.4) is 0 Å². The summed E-state index contributed by atoms with van der Waals surface area (Å²) in [6, 6.07) is -3.33. The third-order valence-electron chi connectivity index (χ3n) is 3.31. The molecule has 0 aromatic rings. The smallest absolute Gasteiger partial charge is 0.322 e. The Hall–Kier alpha value is -1.85. The summed E-state index contributed by atoms with van der Waals surface area (Å²) in [5, 5.41) is 25.0. The number of carbonyl (C=O) groups excluding carboxylic acids is 3. The Morgan fingerprint density at radius 2 is 1.60 bits per heavy atom. The molecule has 0 saturated heterocycles. The molecule has 0 fully saturated rings. The van der Waals surface area contributed by atoms with Crippen LogP contribution in [-0.2, 0) is 19.2 Å². The molecule has 0 aliphatic rings. The van der Waals surface area contributed by atoms with Crippen LogP contribution in [0.4, 0.5) is 0 Å². The minimum absolute atomic E-state index is 0.108. The van der Waals surface area contributed by atoms with Gasteiger partial charge in [-0.25, -0.2) is 0 Å². The fraction of sp³-hybridized carbons (Fsp3) is 0.714. The molecule has 0 heterocycles. The van der Waals surface area contributed by atoms with Crippen molar-refractivity contribution < 1.29 is 29.4 Å². The number of carboxylic acids is 1. The average Bonchev–Trinajstić information content (AvgIpc) is 2.53. The lowest BCUT2D eigenvalue weighted by atomic mass is 10.0. The number of aliphatic hydroxyl groups is 1. The molecule has 0 bridgehead atoms. The lowest BCUT2D eigenvalue weighted by Gasteiger charge is -2.25. The van der Waals surface area contributed by atoms with Gasteiger partial charge < -0.3 is 31.9 Å². The minimum atomic E-state index is -1.33. The van der Waals surface area contributed by atoms with Crippen LogP contribution >= 0.6 is 12.6 Å². The second-order valence-electron chi connectivity index (χ2n) is 5.85. The van der Waals surface area contributed by atoms with Crippen molar-refractivity contribution in [3.63, 3.8) is 0 Å². The first kappa shape index (κ1) is 23.1. The standard InChI is InChI=1S/C14H26N4O6S/c1-6(2)10(15)13(23)18-11(7(3)19)14(24)17-8(5-25)12(22)16-4-9(20)21/h6-8,10-11,19,25H,4-5,15H2,1-3H3,(H,16,22)(H,17,24)(H,18,23)(H,20,21)/t7-,8-,10-,11-/m1/s1. The molecule has 144 valence electrons. The van der Waals surface area contributed by atoms with Crippen LogP contribution in [0.2, 0.25) is 0 Å². The maximum atomic E-state index is 12.3. The van der Waals surface area contributed by atoms with E-state index >= 15 is 0 Å². The number of carbonyl (C=O) groups is 4. The van der Waals surface area contributed by atoms with Gasteiger partial charge in [-0.1, -0.05) is 13.8 Å². The summed E-state index contributed by atoms with van der Waals surface area (Å²) in [6.45, 7) is 4.14. The van der Waals surface area contributed by atoms with Crippen LogP contribution in [0.1, 0.15) is 20.8 Å². The van der Waals surface area contributed by atoms with E-state index in [1.807, 2.05) is 0 Å². The average molecular weight is 378 g/mol. The quantitative estimate of drug-likeness (QED) is 0.205. The number of nitrogens with one attached hydrogen (secondary N) is 3. The molecule has 11 heteroatoms. The van der Waals surface area contributed by atoms with Crippen LogP contribution in [0, 0.1) is 5.92 Å². The first-order chi connectivity index (χ1) is 11.5. The SMILES string of the molecule is CC(C)[C@@H](N)C(=O)N[C@@H](C(=O)N[C@H](CS)C(=O)NCC(=O)O)[C@@H](C)O. The molecule has 0 unspecified atom stereocenters. The van der Waals surface area contributed by atoms with Crippen LogP contribution in [0.5, 0.6) is 0 Å². The number of carboxylic acid groups (broad SMARTS) is 1. The summed E-state index contributed by atoms with van der Waals surface area (Å²) in [4.78, 5) is 46.5. The molecule has 4 atom stereocenters. The van der Waals surface area contributed by atoms with Crippen molar-refractivity contribution in [2.75, 3.05) is 12.3 Å². The highest BCUT2D eigenvalue weighted by Crippen LogP contribution is 2.02. The summed E-state index contributed by atoms with van der Waals surface area (Å²) in [7, 11) is 0. The van der Waals surface area contributed by atoms with Gasteiger partial charge >= 0.3 is 5.97 Å². The van der Waals surface area contributed by atoms with Crippen molar-refractivity contribution in [3.8, 4) is 0 Å². The molecule has 0 saturated carbocycles. The van der Waals surface area contributed by atoms with E-state index in [2.05, 4.69) is 28.6 Å². The number of rotatable bonds is 10. The fourth-order valence-corrected chi connectivity index (χ4v) is 1.96. The molecule has 0 aromatic carbocycles. The molecular formula is C14H26N4O6S. The number of aliphatic hydroxyl groups excluding tert-OH is 1. The van der Waals surface area contributed by atoms with E-state index in [9.17, 15) is 24.3 Å². The molecule has 7 N–H and O–H groups in total. The van der Waals surface area contributed by atoms with Crippen LogP contribution in [0.15, 0.2) is 0 Å². The normalized spacial score (nSPS) is 15.6. The number of hydrogen-bond donors (Lipinski definition) is 7. The van der Waals surface area contributed by atoms with Crippen molar-refractivity contribution in [2.24, 2.45) is 11.7 Å². The van der Waals surface area contributed by atoms with Gasteiger partial charge in [-0.2, -0.15) is 12.6 Å². The van der Waals surface area contributed by atoms with E-state index in [0.29, 0.717) is 0 Å². The van der Waals surface area contributed by atoms with Crippen molar-refractivity contribution in [1.29, 1.82) is 0 Å². The maximum Gasteiger partial charge on any atom is 0.322 e. The van der Waals surface area contributed by atoms with Crippen molar-refractivity contribution in [3.05, 3.63) is 0 Å². The van der Waals surface area contributed by atoms with Gasteiger partial charge in [0.25, 0.3) is 0 Å². The summed E-state index contributed by atoms with van der Waals surface area (Å²) in [6.07, 6.45) is -1.24.